The molecule has 0 spiro atoms. The summed E-state index contributed by atoms with van der Waals surface area (Å²) < 4.78 is 39.8. The van der Waals surface area contributed by atoms with Gasteiger partial charge in [-0.3, -0.25) is 4.79 Å². The number of carbonyl (C=O) groups excluding carboxylic acids is 1. The van der Waals surface area contributed by atoms with E-state index in [1.54, 1.807) is 13.8 Å². The van der Waals surface area contributed by atoms with Crippen molar-refractivity contribution in [3.05, 3.63) is 47.3 Å². The first-order valence-electron chi connectivity index (χ1n) is 7.42. The number of hydrogen-bond donors (Lipinski definition) is 1. The molecule has 0 saturated carbocycles. The molecule has 1 heterocycles. The summed E-state index contributed by atoms with van der Waals surface area (Å²) in [4.78, 5) is 13.9. The van der Waals surface area contributed by atoms with Gasteiger partial charge < -0.3 is 10.0 Å². The lowest BCUT2D eigenvalue weighted by Gasteiger charge is -2.19. The molecule has 130 valence electrons. The van der Waals surface area contributed by atoms with Gasteiger partial charge in [-0.2, -0.15) is 18.3 Å². The van der Waals surface area contributed by atoms with Gasteiger partial charge in [0, 0.05) is 13.1 Å². The molecule has 0 atom stereocenters. The largest absolute Gasteiger partial charge is 0.416 e. The highest BCUT2D eigenvalue weighted by atomic mass is 19.4. The van der Waals surface area contributed by atoms with E-state index in [1.165, 1.54) is 27.9 Å². The minimum atomic E-state index is -4.45. The molecule has 0 aliphatic carbocycles. The normalized spacial score (nSPS) is 11.6. The van der Waals surface area contributed by atoms with Crippen molar-refractivity contribution in [1.82, 2.24) is 14.7 Å². The number of likely N-dealkylation sites (N-methyl/N-ethyl adjacent to an activating group) is 1. The lowest BCUT2D eigenvalue weighted by molar-refractivity contribution is -0.137. The Hall–Kier alpha value is -2.35. The van der Waals surface area contributed by atoms with Crippen LogP contribution in [0.4, 0.5) is 13.2 Å². The standard InChI is InChI=1S/C16H18F3N3O2/c1-3-21(7-8-23)15(24)14-10-20-22(11(14)2)13-6-4-5-12(9-13)16(17,18)19/h4-6,9-10,23H,3,7-8H2,1-2H3. The summed E-state index contributed by atoms with van der Waals surface area (Å²) in [6, 6.07) is 4.76. The van der Waals surface area contributed by atoms with E-state index in [1.807, 2.05) is 0 Å². The maximum Gasteiger partial charge on any atom is 0.416 e. The maximum absolute atomic E-state index is 12.8. The van der Waals surface area contributed by atoms with Gasteiger partial charge in [0.25, 0.3) is 5.91 Å². The Morgan fingerprint density at radius 1 is 1.38 bits per heavy atom. The number of alkyl halides is 3. The number of carbonyl (C=O) groups is 1. The van der Waals surface area contributed by atoms with Gasteiger partial charge >= 0.3 is 6.18 Å². The Balaban J connectivity index is 2.39. The van der Waals surface area contributed by atoms with Gasteiger partial charge in [0.15, 0.2) is 0 Å². The number of hydrogen-bond acceptors (Lipinski definition) is 3. The van der Waals surface area contributed by atoms with Crippen molar-refractivity contribution in [2.75, 3.05) is 19.7 Å². The van der Waals surface area contributed by atoms with Gasteiger partial charge in [-0.15, -0.1) is 0 Å². The molecule has 5 nitrogen and oxygen atoms in total. The summed E-state index contributed by atoms with van der Waals surface area (Å²) >= 11 is 0. The quantitative estimate of drug-likeness (QED) is 0.910. The molecule has 8 heteroatoms. The smallest absolute Gasteiger partial charge is 0.395 e. The first kappa shape index (κ1) is 18.0. The Morgan fingerprint density at radius 2 is 2.08 bits per heavy atom. The fraction of sp³-hybridized carbons (Fsp3) is 0.375. The Labute approximate surface area is 137 Å². The summed E-state index contributed by atoms with van der Waals surface area (Å²) in [5, 5.41) is 13.0. The van der Waals surface area contributed by atoms with Crippen LogP contribution >= 0.6 is 0 Å². The van der Waals surface area contributed by atoms with Crippen molar-refractivity contribution in [1.29, 1.82) is 0 Å². The van der Waals surface area contributed by atoms with Crippen LogP contribution < -0.4 is 0 Å². The lowest BCUT2D eigenvalue weighted by Crippen LogP contribution is -2.33. The monoisotopic (exact) mass is 341 g/mol. The Bertz CT molecular complexity index is 726. The summed E-state index contributed by atoms with van der Waals surface area (Å²) in [5.74, 6) is -0.317. The summed E-state index contributed by atoms with van der Waals surface area (Å²) in [7, 11) is 0. The Morgan fingerprint density at radius 3 is 2.67 bits per heavy atom. The zero-order valence-electron chi connectivity index (χ0n) is 13.3. The van der Waals surface area contributed by atoms with E-state index in [2.05, 4.69) is 5.10 Å². The molecule has 24 heavy (non-hydrogen) atoms. The third-order valence-electron chi connectivity index (χ3n) is 3.70. The molecule has 0 bridgehead atoms. The molecule has 1 N–H and O–H groups in total. The fourth-order valence-electron chi connectivity index (χ4n) is 2.39. The molecule has 1 aromatic carbocycles. The number of nitrogens with zero attached hydrogens (tertiary/aromatic N) is 3. The first-order chi connectivity index (χ1) is 11.3. The molecule has 1 aromatic heterocycles. The van der Waals surface area contributed by atoms with E-state index in [4.69, 9.17) is 5.11 Å². The molecule has 1 amide bonds. The maximum atomic E-state index is 12.8. The van der Waals surface area contributed by atoms with Crippen LogP contribution in [0, 0.1) is 6.92 Å². The number of amides is 1. The van der Waals surface area contributed by atoms with Crippen molar-refractivity contribution in [3.63, 3.8) is 0 Å². The van der Waals surface area contributed by atoms with Crippen LogP contribution in [0.15, 0.2) is 30.5 Å². The van der Waals surface area contributed by atoms with Gasteiger partial charge in [-0.25, -0.2) is 4.68 Å². The molecule has 0 unspecified atom stereocenters. The van der Waals surface area contributed by atoms with E-state index in [-0.39, 0.29) is 24.7 Å². The minimum Gasteiger partial charge on any atom is -0.395 e. The number of rotatable bonds is 5. The van der Waals surface area contributed by atoms with Crippen LogP contribution in [0.25, 0.3) is 5.69 Å². The molecule has 0 fully saturated rings. The van der Waals surface area contributed by atoms with E-state index < -0.39 is 11.7 Å². The molecule has 0 saturated heterocycles. The van der Waals surface area contributed by atoms with Crippen LogP contribution in [0.5, 0.6) is 0 Å². The second-order valence-corrected chi connectivity index (χ2v) is 5.21. The van der Waals surface area contributed by atoms with Crippen LogP contribution in [0.1, 0.15) is 28.5 Å². The van der Waals surface area contributed by atoms with Crippen molar-refractivity contribution in [2.45, 2.75) is 20.0 Å². The van der Waals surface area contributed by atoms with Gasteiger partial charge in [0.2, 0.25) is 0 Å². The summed E-state index contributed by atoms with van der Waals surface area (Å²) in [6.45, 7) is 3.82. The second-order valence-electron chi connectivity index (χ2n) is 5.21. The van der Waals surface area contributed by atoms with Crippen molar-refractivity contribution in [2.24, 2.45) is 0 Å². The average Bonchev–Trinajstić information content (AvgIpc) is 2.93. The number of aliphatic hydroxyl groups is 1. The Kier molecular flexibility index (Phi) is 5.28. The van der Waals surface area contributed by atoms with Crippen LogP contribution in [0.2, 0.25) is 0 Å². The highest BCUT2D eigenvalue weighted by molar-refractivity contribution is 5.95. The second kappa shape index (κ2) is 7.04. The van der Waals surface area contributed by atoms with E-state index in [9.17, 15) is 18.0 Å². The zero-order chi connectivity index (χ0) is 17.9. The van der Waals surface area contributed by atoms with E-state index in [0.29, 0.717) is 17.8 Å². The predicted molar refractivity (Wildman–Crippen MR) is 82.0 cm³/mol. The van der Waals surface area contributed by atoms with E-state index in [0.717, 1.165) is 12.1 Å². The van der Waals surface area contributed by atoms with Gasteiger partial charge in [-0.1, -0.05) is 6.07 Å². The summed E-state index contributed by atoms with van der Waals surface area (Å²) in [5.41, 5.74) is 0.184. The zero-order valence-corrected chi connectivity index (χ0v) is 13.3. The van der Waals surface area contributed by atoms with Crippen LogP contribution in [-0.4, -0.2) is 45.4 Å². The van der Waals surface area contributed by atoms with Crippen LogP contribution in [-0.2, 0) is 6.18 Å². The highest BCUT2D eigenvalue weighted by Crippen LogP contribution is 2.30. The van der Waals surface area contributed by atoms with Crippen molar-refractivity contribution in [3.8, 4) is 5.69 Å². The SMILES string of the molecule is CCN(CCO)C(=O)c1cnn(-c2cccc(C(F)(F)F)c2)c1C. The molecular formula is C16H18F3N3O2. The van der Waals surface area contributed by atoms with Crippen molar-refractivity contribution < 1.29 is 23.1 Å². The van der Waals surface area contributed by atoms with Gasteiger partial charge in [0.1, 0.15) is 0 Å². The topological polar surface area (TPSA) is 58.4 Å². The number of aliphatic hydroxyl groups excluding tert-OH is 1. The number of benzene rings is 1. The molecule has 2 rings (SSSR count). The third kappa shape index (κ3) is 3.59. The van der Waals surface area contributed by atoms with Crippen LogP contribution in [0.3, 0.4) is 0 Å². The van der Waals surface area contributed by atoms with Crippen molar-refractivity contribution >= 4 is 5.91 Å². The third-order valence-corrected chi connectivity index (χ3v) is 3.70. The molecular weight excluding hydrogens is 323 g/mol. The summed E-state index contributed by atoms with van der Waals surface area (Å²) in [6.07, 6.45) is -3.12. The average molecular weight is 341 g/mol. The number of aromatic nitrogens is 2. The van der Waals surface area contributed by atoms with E-state index >= 15 is 0 Å². The predicted octanol–water partition coefficient (Wildman–Crippen LogP) is 2.65. The fourth-order valence-corrected chi connectivity index (χ4v) is 2.39. The lowest BCUT2D eigenvalue weighted by atomic mass is 10.2. The molecule has 0 aliphatic heterocycles. The number of halogens is 3. The minimum absolute atomic E-state index is 0.166. The molecule has 2 aromatic rings. The van der Waals surface area contributed by atoms with Gasteiger partial charge in [-0.05, 0) is 32.0 Å². The molecule has 0 radical (unpaired) electrons. The highest BCUT2D eigenvalue weighted by Gasteiger charge is 2.31. The van der Waals surface area contributed by atoms with Gasteiger partial charge in [0.05, 0.1) is 35.3 Å². The molecule has 0 aliphatic rings. The first-order valence-corrected chi connectivity index (χ1v) is 7.42.